The zero-order valence-electron chi connectivity index (χ0n) is 11.7. The Hall–Kier alpha value is -0.580. The quantitative estimate of drug-likeness (QED) is 0.913. The summed E-state index contributed by atoms with van der Waals surface area (Å²) in [6.45, 7) is 7.33. The molecular formula is C14H22ClNO2S. The molecule has 0 saturated carbocycles. The lowest BCUT2D eigenvalue weighted by Gasteiger charge is -2.24. The van der Waals surface area contributed by atoms with Crippen molar-refractivity contribution in [1.82, 2.24) is 5.32 Å². The zero-order chi connectivity index (χ0) is 13.3. The van der Waals surface area contributed by atoms with Gasteiger partial charge in [0.25, 0.3) is 0 Å². The van der Waals surface area contributed by atoms with Gasteiger partial charge >= 0.3 is 0 Å². The molecule has 1 aliphatic rings. The first-order valence-electron chi connectivity index (χ1n) is 6.45. The van der Waals surface area contributed by atoms with Gasteiger partial charge in [0.2, 0.25) is 0 Å². The Morgan fingerprint density at radius 1 is 1.21 bits per heavy atom. The maximum Gasteiger partial charge on any atom is 0.182 e. The highest BCUT2D eigenvalue weighted by atomic mass is 35.5. The smallest absolute Gasteiger partial charge is 0.182 e. The number of hydrogen-bond donors (Lipinski definition) is 1. The average Bonchev–Trinajstić information content (AvgIpc) is 2.34. The van der Waals surface area contributed by atoms with Crippen molar-refractivity contribution in [3.8, 4) is 0 Å². The van der Waals surface area contributed by atoms with Gasteiger partial charge in [-0.2, -0.15) is 0 Å². The van der Waals surface area contributed by atoms with Gasteiger partial charge in [-0.25, -0.2) is 8.42 Å². The van der Waals surface area contributed by atoms with Gasteiger partial charge in [-0.3, -0.25) is 0 Å². The molecule has 3 nitrogen and oxygen atoms in total. The van der Waals surface area contributed by atoms with E-state index in [1.165, 1.54) is 0 Å². The molecule has 108 valence electrons. The van der Waals surface area contributed by atoms with Crippen LogP contribution >= 0.6 is 12.4 Å². The number of piperidine rings is 1. The average molecular weight is 304 g/mol. The second-order valence-electron chi connectivity index (χ2n) is 5.22. The van der Waals surface area contributed by atoms with Crippen LogP contribution in [0.25, 0.3) is 0 Å². The fourth-order valence-electron chi connectivity index (χ4n) is 2.56. The van der Waals surface area contributed by atoms with Crippen LogP contribution in [-0.4, -0.2) is 26.8 Å². The van der Waals surface area contributed by atoms with Crippen LogP contribution in [0.2, 0.25) is 0 Å². The van der Waals surface area contributed by atoms with Gasteiger partial charge in [0.05, 0.1) is 10.1 Å². The van der Waals surface area contributed by atoms with Crippen molar-refractivity contribution >= 4 is 22.2 Å². The van der Waals surface area contributed by atoms with E-state index in [-0.39, 0.29) is 17.7 Å². The number of halogens is 1. The van der Waals surface area contributed by atoms with E-state index in [9.17, 15) is 8.42 Å². The lowest BCUT2D eigenvalue weighted by Crippen LogP contribution is -2.39. The zero-order valence-corrected chi connectivity index (χ0v) is 13.3. The van der Waals surface area contributed by atoms with Crippen LogP contribution in [0.3, 0.4) is 0 Å². The van der Waals surface area contributed by atoms with Crippen LogP contribution in [0.5, 0.6) is 0 Å². The van der Waals surface area contributed by atoms with Crippen molar-refractivity contribution in [2.45, 2.75) is 43.8 Å². The van der Waals surface area contributed by atoms with Crippen molar-refractivity contribution in [3.05, 3.63) is 28.8 Å². The molecule has 1 aliphatic heterocycles. The molecule has 2 rings (SSSR count). The summed E-state index contributed by atoms with van der Waals surface area (Å²) in [5, 5.41) is 2.91. The normalized spacial score (nSPS) is 19.8. The molecule has 0 aromatic heterocycles. The number of aryl methyl sites for hydroxylation is 2. The molecule has 0 aliphatic carbocycles. The van der Waals surface area contributed by atoms with Gasteiger partial charge in [-0.05, 0) is 62.9 Å². The molecule has 1 N–H and O–H groups in total. The molecule has 1 heterocycles. The molecule has 0 spiro atoms. The molecule has 0 bridgehead atoms. The monoisotopic (exact) mass is 303 g/mol. The first-order chi connectivity index (χ1) is 8.43. The highest BCUT2D eigenvalue weighted by Crippen LogP contribution is 2.26. The Morgan fingerprint density at radius 2 is 1.89 bits per heavy atom. The maximum absolute atomic E-state index is 12.7. The summed E-state index contributed by atoms with van der Waals surface area (Å²) in [4.78, 5) is 0.522. The number of rotatable bonds is 2. The summed E-state index contributed by atoms with van der Waals surface area (Å²) in [5.74, 6) is 0. The predicted molar refractivity (Wildman–Crippen MR) is 81.0 cm³/mol. The Bertz CT molecular complexity index is 549. The minimum Gasteiger partial charge on any atom is -0.315 e. The van der Waals surface area contributed by atoms with E-state index < -0.39 is 9.84 Å². The van der Waals surface area contributed by atoms with Crippen LogP contribution < -0.4 is 5.32 Å². The van der Waals surface area contributed by atoms with Gasteiger partial charge in [-0.1, -0.05) is 6.07 Å². The van der Waals surface area contributed by atoms with Gasteiger partial charge in [-0.15, -0.1) is 12.4 Å². The van der Waals surface area contributed by atoms with E-state index in [0.29, 0.717) is 11.4 Å². The standard InChI is InChI=1S/C14H21NO2S.ClH/c1-10-7-11(2)12(3)14(8-10)18(16,17)13-5-4-6-15-9-13;/h7-8,13,15H,4-6,9H2,1-3H3;1H. The van der Waals surface area contributed by atoms with Crippen molar-refractivity contribution < 1.29 is 8.42 Å². The number of benzene rings is 1. The molecule has 1 atom stereocenters. The fourth-order valence-corrected chi connectivity index (χ4v) is 4.67. The maximum atomic E-state index is 12.7. The molecule has 5 heteroatoms. The largest absolute Gasteiger partial charge is 0.315 e. The topological polar surface area (TPSA) is 46.2 Å². The van der Waals surface area contributed by atoms with E-state index in [1.807, 2.05) is 32.9 Å². The van der Waals surface area contributed by atoms with Crippen LogP contribution in [-0.2, 0) is 9.84 Å². The van der Waals surface area contributed by atoms with Crippen molar-refractivity contribution in [2.75, 3.05) is 13.1 Å². The Labute approximate surface area is 122 Å². The summed E-state index contributed by atoms with van der Waals surface area (Å²) < 4.78 is 25.3. The Kier molecular flexibility index (Phi) is 5.42. The minimum atomic E-state index is -3.20. The van der Waals surface area contributed by atoms with Crippen LogP contribution in [0.15, 0.2) is 17.0 Å². The third-order valence-electron chi connectivity index (χ3n) is 3.76. The minimum absolute atomic E-state index is 0. The SMILES string of the molecule is Cc1cc(C)c(C)c(S(=O)(=O)C2CCCNC2)c1.Cl. The highest BCUT2D eigenvalue weighted by Gasteiger charge is 2.30. The van der Waals surface area contributed by atoms with Crippen LogP contribution in [0.1, 0.15) is 29.5 Å². The number of hydrogen-bond acceptors (Lipinski definition) is 3. The van der Waals surface area contributed by atoms with Crippen molar-refractivity contribution in [2.24, 2.45) is 0 Å². The molecule has 0 radical (unpaired) electrons. The lowest BCUT2D eigenvalue weighted by atomic mass is 10.1. The molecule has 1 unspecified atom stereocenters. The van der Waals surface area contributed by atoms with E-state index in [2.05, 4.69) is 5.32 Å². The van der Waals surface area contributed by atoms with Crippen LogP contribution in [0.4, 0.5) is 0 Å². The van der Waals surface area contributed by atoms with Gasteiger partial charge < -0.3 is 5.32 Å². The molecule has 19 heavy (non-hydrogen) atoms. The second-order valence-corrected chi connectivity index (χ2v) is 7.41. The fraction of sp³-hybridized carbons (Fsp3) is 0.571. The number of sulfone groups is 1. The van der Waals surface area contributed by atoms with Gasteiger partial charge in [0, 0.05) is 6.54 Å². The highest BCUT2D eigenvalue weighted by molar-refractivity contribution is 7.92. The first kappa shape index (κ1) is 16.5. The van der Waals surface area contributed by atoms with E-state index in [4.69, 9.17) is 0 Å². The molecular weight excluding hydrogens is 282 g/mol. The van der Waals surface area contributed by atoms with E-state index in [0.717, 1.165) is 36.1 Å². The molecule has 1 aromatic rings. The van der Waals surface area contributed by atoms with Crippen molar-refractivity contribution in [1.29, 1.82) is 0 Å². The van der Waals surface area contributed by atoms with Crippen LogP contribution in [0, 0.1) is 20.8 Å². The summed E-state index contributed by atoms with van der Waals surface area (Å²) >= 11 is 0. The molecule has 1 saturated heterocycles. The van der Waals surface area contributed by atoms with Crippen molar-refractivity contribution in [3.63, 3.8) is 0 Å². The summed E-state index contributed by atoms with van der Waals surface area (Å²) in [7, 11) is -3.20. The molecule has 0 amide bonds. The molecule has 1 fully saturated rings. The molecule has 1 aromatic carbocycles. The van der Waals surface area contributed by atoms with Gasteiger partial charge in [0.15, 0.2) is 9.84 Å². The number of nitrogens with one attached hydrogen (secondary N) is 1. The summed E-state index contributed by atoms with van der Waals surface area (Å²) in [5.41, 5.74) is 2.96. The second kappa shape index (κ2) is 6.25. The lowest BCUT2D eigenvalue weighted by molar-refractivity contribution is 0.496. The van der Waals surface area contributed by atoms with Gasteiger partial charge in [0.1, 0.15) is 0 Å². The Morgan fingerprint density at radius 3 is 2.47 bits per heavy atom. The third-order valence-corrected chi connectivity index (χ3v) is 6.08. The van der Waals surface area contributed by atoms with E-state index >= 15 is 0 Å². The summed E-state index contributed by atoms with van der Waals surface area (Å²) in [6.07, 6.45) is 1.70. The van der Waals surface area contributed by atoms with E-state index in [1.54, 1.807) is 0 Å². The first-order valence-corrected chi connectivity index (χ1v) is 8.00. The Balaban J connectivity index is 0.00000180. The predicted octanol–water partition coefficient (Wildman–Crippen LogP) is 2.56. The third kappa shape index (κ3) is 3.30. The summed E-state index contributed by atoms with van der Waals surface area (Å²) in [6, 6.07) is 3.85.